The van der Waals surface area contributed by atoms with E-state index in [1.54, 1.807) is 4.90 Å². The Morgan fingerprint density at radius 1 is 1.00 bits per heavy atom. The predicted molar refractivity (Wildman–Crippen MR) is 117 cm³/mol. The molecule has 0 aliphatic carbocycles. The van der Waals surface area contributed by atoms with E-state index in [0.29, 0.717) is 37.8 Å². The molecule has 0 aromatic heterocycles. The summed E-state index contributed by atoms with van der Waals surface area (Å²) < 4.78 is 52.7. The van der Waals surface area contributed by atoms with Crippen molar-refractivity contribution in [1.82, 2.24) is 9.80 Å². The second-order valence-corrected chi connectivity index (χ2v) is 9.47. The molecule has 172 valence electrons. The van der Waals surface area contributed by atoms with Crippen LogP contribution < -0.4 is 13.8 Å². The first kappa shape index (κ1) is 22.3. The molecule has 8 nitrogen and oxygen atoms in total. The number of piperazine rings is 1. The summed E-state index contributed by atoms with van der Waals surface area (Å²) in [7, 11) is -4.13. The van der Waals surface area contributed by atoms with Crippen LogP contribution in [-0.2, 0) is 14.8 Å². The molecule has 0 unspecified atom stereocenters. The SMILES string of the molecule is CCN1CCN(C(=O)CN(c2ccc(F)cc2)S(=O)(=O)c2ccc3c(c2)OCCO3)CC1. The number of rotatable bonds is 6. The van der Waals surface area contributed by atoms with Gasteiger partial charge >= 0.3 is 0 Å². The average Bonchev–Trinajstić information content (AvgIpc) is 2.82. The Labute approximate surface area is 187 Å². The number of benzene rings is 2. The number of carbonyl (C=O) groups is 1. The average molecular weight is 464 g/mol. The molecule has 1 saturated heterocycles. The minimum atomic E-state index is -4.13. The Hall–Kier alpha value is -2.85. The van der Waals surface area contributed by atoms with Gasteiger partial charge in [0.1, 0.15) is 25.6 Å². The molecule has 0 N–H and O–H groups in total. The lowest BCUT2D eigenvalue weighted by Crippen LogP contribution is -2.51. The van der Waals surface area contributed by atoms with E-state index in [2.05, 4.69) is 11.8 Å². The van der Waals surface area contributed by atoms with Gasteiger partial charge in [-0.25, -0.2) is 12.8 Å². The van der Waals surface area contributed by atoms with E-state index in [4.69, 9.17) is 9.47 Å². The van der Waals surface area contributed by atoms with E-state index in [9.17, 15) is 17.6 Å². The van der Waals surface area contributed by atoms with Gasteiger partial charge in [-0.2, -0.15) is 0 Å². The summed E-state index contributed by atoms with van der Waals surface area (Å²) in [5, 5.41) is 0. The van der Waals surface area contributed by atoms with Gasteiger partial charge < -0.3 is 19.3 Å². The summed E-state index contributed by atoms with van der Waals surface area (Å²) in [4.78, 5) is 16.9. The second-order valence-electron chi connectivity index (χ2n) is 7.61. The maximum Gasteiger partial charge on any atom is 0.264 e. The number of amides is 1. The van der Waals surface area contributed by atoms with Crippen molar-refractivity contribution in [1.29, 1.82) is 0 Å². The third kappa shape index (κ3) is 4.66. The molecule has 0 atom stereocenters. The van der Waals surface area contributed by atoms with Crippen LogP contribution in [0.3, 0.4) is 0 Å². The van der Waals surface area contributed by atoms with Gasteiger partial charge in [-0.3, -0.25) is 9.10 Å². The van der Waals surface area contributed by atoms with Crippen LogP contribution >= 0.6 is 0 Å². The molecule has 0 bridgehead atoms. The van der Waals surface area contributed by atoms with Crippen LogP contribution in [0.25, 0.3) is 0 Å². The topological polar surface area (TPSA) is 79.4 Å². The van der Waals surface area contributed by atoms with E-state index in [1.165, 1.54) is 42.5 Å². The third-order valence-corrected chi connectivity index (χ3v) is 7.44. The van der Waals surface area contributed by atoms with Crippen molar-refractivity contribution in [3.05, 3.63) is 48.3 Å². The van der Waals surface area contributed by atoms with Crippen molar-refractivity contribution >= 4 is 21.6 Å². The van der Waals surface area contributed by atoms with Gasteiger partial charge in [0, 0.05) is 32.2 Å². The largest absolute Gasteiger partial charge is 0.486 e. The van der Waals surface area contributed by atoms with E-state index < -0.39 is 15.8 Å². The fraction of sp³-hybridized carbons (Fsp3) is 0.409. The fourth-order valence-electron chi connectivity index (χ4n) is 3.77. The van der Waals surface area contributed by atoms with Gasteiger partial charge in [0.25, 0.3) is 10.0 Å². The molecule has 1 amide bonds. The highest BCUT2D eigenvalue weighted by Gasteiger charge is 2.31. The van der Waals surface area contributed by atoms with Crippen molar-refractivity contribution < 1.29 is 27.1 Å². The number of likely N-dealkylation sites (N-methyl/N-ethyl adjacent to an activating group) is 1. The van der Waals surface area contributed by atoms with Crippen LogP contribution in [0.5, 0.6) is 11.5 Å². The number of anilines is 1. The quantitative estimate of drug-likeness (QED) is 0.652. The van der Waals surface area contributed by atoms with Gasteiger partial charge in [0.2, 0.25) is 5.91 Å². The van der Waals surface area contributed by atoms with E-state index >= 15 is 0 Å². The van der Waals surface area contributed by atoms with E-state index in [0.717, 1.165) is 23.9 Å². The Morgan fingerprint density at radius 3 is 2.31 bits per heavy atom. The molecule has 0 radical (unpaired) electrons. The molecule has 2 aliphatic rings. The minimum Gasteiger partial charge on any atom is -0.486 e. The molecule has 10 heteroatoms. The van der Waals surface area contributed by atoms with Crippen LogP contribution in [0, 0.1) is 5.82 Å². The number of halogens is 1. The number of fused-ring (bicyclic) bond motifs is 1. The van der Waals surface area contributed by atoms with Crippen LogP contribution in [0.4, 0.5) is 10.1 Å². The highest BCUT2D eigenvalue weighted by molar-refractivity contribution is 7.92. The number of hydrogen-bond donors (Lipinski definition) is 0. The summed E-state index contributed by atoms with van der Waals surface area (Å²) >= 11 is 0. The Bertz CT molecular complexity index is 1070. The zero-order valence-corrected chi connectivity index (χ0v) is 18.7. The molecule has 0 spiro atoms. The number of hydrogen-bond acceptors (Lipinski definition) is 6. The van der Waals surface area contributed by atoms with Crippen molar-refractivity contribution in [2.75, 3.05) is 56.8 Å². The Morgan fingerprint density at radius 2 is 1.66 bits per heavy atom. The maximum absolute atomic E-state index is 13.6. The molecule has 2 heterocycles. The summed E-state index contributed by atoms with van der Waals surface area (Å²) in [6, 6.07) is 9.41. The summed E-state index contributed by atoms with van der Waals surface area (Å²) in [6.45, 7) is 5.86. The molecule has 0 saturated carbocycles. The predicted octanol–water partition coefficient (Wildman–Crippen LogP) is 1.96. The van der Waals surface area contributed by atoms with Crippen LogP contribution in [0.15, 0.2) is 47.4 Å². The molecule has 2 aromatic carbocycles. The number of sulfonamides is 1. The van der Waals surface area contributed by atoms with Gasteiger partial charge in [0.05, 0.1) is 10.6 Å². The van der Waals surface area contributed by atoms with Gasteiger partial charge in [-0.05, 0) is 42.9 Å². The number of nitrogens with zero attached hydrogens (tertiary/aromatic N) is 3. The van der Waals surface area contributed by atoms with Crippen LogP contribution in [0.2, 0.25) is 0 Å². The summed E-state index contributed by atoms with van der Waals surface area (Å²) in [5.41, 5.74) is 0.210. The first-order valence-electron chi connectivity index (χ1n) is 10.6. The third-order valence-electron chi connectivity index (χ3n) is 5.67. The molecule has 2 aromatic rings. The number of carbonyl (C=O) groups excluding carboxylic acids is 1. The van der Waals surface area contributed by atoms with Gasteiger partial charge in [0.15, 0.2) is 11.5 Å². The zero-order chi connectivity index (χ0) is 22.7. The lowest BCUT2D eigenvalue weighted by molar-refractivity contribution is -0.131. The smallest absolute Gasteiger partial charge is 0.264 e. The summed E-state index contributed by atoms with van der Waals surface area (Å²) in [6.07, 6.45) is 0. The molecule has 32 heavy (non-hydrogen) atoms. The van der Waals surface area contributed by atoms with Crippen molar-refractivity contribution in [3.8, 4) is 11.5 Å². The highest BCUT2D eigenvalue weighted by atomic mass is 32.2. The van der Waals surface area contributed by atoms with E-state index in [-0.39, 0.29) is 23.0 Å². The number of ether oxygens (including phenoxy) is 2. The standard InChI is InChI=1S/C22H26FN3O5S/c1-2-24-9-11-25(12-10-24)22(27)16-26(18-5-3-17(23)4-6-18)32(28,29)19-7-8-20-21(15-19)31-14-13-30-20/h3-8,15H,2,9-14,16H2,1H3. The van der Waals surface area contributed by atoms with Gasteiger partial charge in [-0.15, -0.1) is 0 Å². The van der Waals surface area contributed by atoms with Gasteiger partial charge in [-0.1, -0.05) is 6.92 Å². The molecule has 2 aliphatic heterocycles. The van der Waals surface area contributed by atoms with Crippen LogP contribution in [0.1, 0.15) is 6.92 Å². The lowest BCUT2D eigenvalue weighted by atomic mass is 10.3. The first-order valence-corrected chi connectivity index (χ1v) is 12.0. The fourth-order valence-corrected chi connectivity index (χ4v) is 5.20. The highest BCUT2D eigenvalue weighted by Crippen LogP contribution is 2.34. The van der Waals surface area contributed by atoms with Crippen LogP contribution in [-0.4, -0.2) is 76.6 Å². The Balaban J connectivity index is 1.63. The van der Waals surface area contributed by atoms with Crippen molar-refractivity contribution in [3.63, 3.8) is 0 Å². The zero-order valence-electron chi connectivity index (χ0n) is 17.9. The maximum atomic E-state index is 13.6. The summed E-state index contributed by atoms with van der Waals surface area (Å²) in [5.74, 6) is 0.00503. The van der Waals surface area contributed by atoms with Crippen molar-refractivity contribution in [2.45, 2.75) is 11.8 Å². The van der Waals surface area contributed by atoms with Crippen molar-refractivity contribution in [2.24, 2.45) is 0 Å². The van der Waals surface area contributed by atoms with E-state index in [1.807, 2.05) is 0 Å². The first-order chi connectivity index (χ1) is 15.4. The Kier molecular flexibility index (Phi) is 6.52. The second kappa shape index (κ2) is 9.33. The molecular weight excluding hydrogens is 437 g/mol. The monoisotopic (exact) mass is 463 g/mol. The lowest BCUT2D eigenvalue weighted by Gasteiger charge is -2.35. The molecule has 1 fully saturated rings. The molecule has 4 rings (SSSR count). The normalized spacial score (nSPS) is 16.6. The minimum absolute atomic E-state index is 0.0327. The molecular formula is C22H26FN3O5S.